The molecule has 0 saturated heterocycles. The molecule has 12 heavy (non-hydrogen) atoms. The molecule has 0 aliphatic heterocycles. The van der Waals surface area contributed by atoms with Crippen LogP contribution in [0.15, 0.2) is 0 Å². The predicted octanol–water partition coefficient (Wildman–Crippen LogP) is 1.44. The molecule has 2 rings (SSSR count). The number of hydrogen-bond donors (Lipinski definition) is 1. The molecule has 0 atom stereocenters. The van der Waals surface area contributed by atoms with Crippen LogP contribution in [0, 0.1) is 0 Å². The molecule has 0 radical (unpaired) electrons. The topological polar surface area (TPSA) is 61.0 Å². The van der Waals surface area contributed by atoms with Crippen LogP contribution in [-0.2, 0) is 0 Å². The molecule has 1 aliphatic carbocycles. The molecule has 0 spiro atoms. The predicted molar refractivity (Wildman–Crippen MR) is 47.2 cm³/mol. The fourth-order valence-corrected chi connectivity index (χ4v) is 1.94. The number of nitrogens with zero attached hydrogens (tertiary/aromatic N) is 2. The third-order valence-electron chi connectivity index (χ3n) is 1.99. The van der Waals surface area contributed by atoms with E-state index in [1.165, 1.54) is 24.2 Å². The molecular formula is C7H11N3OS. The molecule has 1 aromatic heterocycles. The number of hydrogen-bond acceptors (Lipinski definition) is 5. The lowest BCUT2D eigenvalue weighted by molar-refractivity contribution is 0.207. The second-order valence-corrected chi connectivity index (χ2v) is 3.90. The van der Waals surface area contributed by atoms with Gasteiger partial charge in [-0.25, -0.2) is 0 Å². The summed E-state index contributed by atoms with van der Waals surface area (Å²) in [5.74, 6) is 0. The molecule has 1 saturated carbocycles. The Hall–Kier alpha value is -0.840. The smallest absolute Gasteiger partial charge is 0.296 e. The first kappa shape index (κ1) is 7.79. The standard InChI is InChI=1S/C7H11N3OS/c8-6-9-10-7(12-6)11-5-3-1-2-4-5/h5H,1-4H2,(H2,8,9). The Morgan fingerprint density at radius 2 is 2.08 bits per heavy atom. The van der Waals surface area contributed by atoms with Gasteiger partial charge in [0, 0.05) is 0 Å². The molecule has 0 bridgehead atoms. The zero-order valence-corrected chi connectivity index (χ0v) is 7.51. The van der Waals surface area contributed by atoms with Gasteiger partial charge in [-0.1, -0.05) is 5.10 Å². The summed E-state index contributed by atoms with van der Waals surface area (Å²) in [5, 5.41) is 8.57. The minimum atomic E-state index is 0.345. The molecule has 1 aromatic rings. The van der Waals surface area contributed by atoms with Crippen molar-refractivity contribution < 1.29 is 4.74 Å². The molecule has 1 heterocycles. The van der Waals surface area contributed by atoms with Crippen LogP contribution in [-0.4, -0.2) is 16.3 Å². The summed E-state index contributed by atoms with van der Waals surface area (Å²) in [6, 6.07) is 0. The van der Waals surface area contributed by atoms with Crippen LogP contribution in [0.4, 0.5) is 5.13 Å². The van der Waals surface area contributed by atoms with Crippen molar-refractivity contribution in [3.05, 3.63) is 0 Å². The van der Waals surface area contributed by atoms with Gasteiger partial charge in [0.2, 0.25) is 5.13 Å². The quantitative estimate of drug-likeness (QED) is 0.757. The number of ether oxygens (including phenoxy) is 1. The summed E-state index contributed by atoms with van der Waals surface area (Å²) in [5.41, 5.74) is 5.42. The highest BCUT2D eigenvalue weighted by molar-refractivity contribution is 7.16. The van der Waals surface area contributed by atoms with Gasteiger partial charge in [-0.2, -0.15) is 0 Å². The van der Waals surface area contributed by atoms with Gasteiger partial charge >= 0.3 is 0 Å². The van der Waals surface area contributed by atoms with Crippen LogP contribution in [0.5, 0.6) is 5.19 Å². The molecule has 1 aliphatic rings. The number of aromatic nitrogens is 2. The summed E-state index contributed by atoms with van der Waals surface area (Å²) in [7, 11) is 0. The van der Waals surface area contributed by atoms with E-state index in [1.54, 1.807) is 0 Å². The monoisotopic (exact) mass is 185 g/mol. The summed E-state index contributed by atoms with van der Waals surface area (Å²) >= 11 is 1.31. The lowest BCUT2D eigenvalue weighted by atomic mass is 10.3. The molecular weight excluding hydrogens is 174 g/mol. The van der Waals surface area contributed by atoms with Gasteiger partial charge in [-0.15, -0.1) is 5.10 Å². The third-order valence-corrected chi connectivity index (χ3v) is 2.64. The van der Waals surface area contributed by atoms with Crippen molar-refractivity contribution in [3.8, 4) is 5.19 Å². The lowest BCUT2D eigenvalue weighted by Gasteiger charge is -2.07. The van der Waals surface area contributed by atoms with Crippen molar-refractivity contribution >= 4 is 16.5 Å². The number of rotatable bonds is 2. The number of anilines is 1. The Balaban J connectivity index is 1.94. The third kappa shape index (κ3) is 1.66. The normalized spacial score (nSPS) is 18.3. The van der Waals surface area contributed by atoms with Crippen molar-refractivity contribution in [2.24, 2.45) is 0 Å². The molecule has 5 heteroatoms. The molecule has 4 nitrogen and oxygen atoms in total. The largest absolute Gasteiger partial charge is 0.466 e. The first-order valence-electron chi connectivity index (χ1n) is 4.10. The van der Waals surface area contributed by atoms with Gasteiger partial charge in [0.05, 0.1) is 0 Å². The first-order valence-corrected chi connectivity index (χ1v) is 4.92. The van der Waals surface area contributed by atoms with Gasteiger partial charge in [0.1, 0.15) is 6.10 Å². The van der Waals surface area contributed by atoms with Gasteiger partial charge < -0.3 is 10.5 Å². The molecule has 66 valence electrons. The van der Waals surface area contributed by atoms with Crippen molar-refractivity contribution in [2.75, 3.05) is 5.73 Å². The van der Waals surface area contributed by atoms with Crippen LogP contribution in [0.1, 0.15) is 25.7 Å². The Kier molecular flexibility index (Phi) is 2.12. The molecule has 1 fully saturated rings. The van der Waals surface area contributed by atoms with Crippen LogP contribution in [0.25, 0.3) is 0 Å². The average Bonchev–Trinajstić information content (AvgIpc) is 2.63. The zero-order valence-electron chi connectivity index (χ0n) is 6.69. The van der Waals surface area contributed by atoms with Gasteiger partial charge in [-0.05, 0) is 37.0 Å². The second kappa shape index (κ2) is 3.26. The van der Waals surface area contributed by atoms with E-state index >= 15 is 0 Å². The maximum absolute atomic E-state index is 5.56. The molecule has 2 N–H and O–H groups in total. The van der Waals surface area contributed by atoms with E-state index in [0.29, 0.717) is 16.4 Å². The van der Waals surface area contributed by atoms with Crippen LogP contribution < -0.4 is 10.5 Å². The number of nitrogens with two attached hydrogens (primary N) is 1. The van der Waals surface area contributed by atoms with Crippen molar-refractivity contribution in [3.63, 3.8) is 0 Å². The Labute approximate surface area is 74.8 Å². The Morgan fingerprint density at radius 3 is 2.67 bits per heavy atom. The van der Waals surface area contributed by atoms with Gasteiger partial charge in [-0.3, -0.25) is 0 Å². The Morgan fingerprint density at radius 1 is 1.33 bits per heavy atom. The van der Waals surface area contributed by atoms with Crippen molar-refractivity contribution in [1.29, 1.82) is 0 Å². The molecule has 0 amide bonds. The zero-order chi connectivity index (χ0) is 8.39. The van der Waals surface area contributed by atoms with E-state index in [0.717, 1.165) is 12.8 Å². The molecule has 0 unspecified atom stereocenters. The van der Waals surface area contributed by atoms with E-state index in [1.807, 2.05) is 0 Å². The van der Waals surface area contributed by atoms with E-state index < -0.39 is 0 Å². The van der Waals surface area contributed by atoms with Crippen LogP contribution in [0.2, 0.25) is 0 Å². The highest BCUT2D eigenvalue weighted by atomic mass is 32.1. The van der Waals surface area contributed by atoms with Crippen molar-refractivity contribution in [1.82, 2.24) is 10.2 Å². The summed E-state index contributed by atoms with van der Waals surface area (Å²) < 4.78 is 5.56. The van der Waals surface area contributed by atoms with E-state index in [9.17, 15) is 0 Å². The summed E-state index contributed by atoms with van der Waals surface area (Å²) in [4.78, 5) is 0. The van der Waals surface area contributed by atoms with E-state index in [4.69, 9.17) is 10.5 Å². The van der Waals surface area contributed by atoms with E-state index in [-0.39, 0.29) is 0 Å². The summed E-state index contributed by atoms with van der Waals surface area (Å²) in [6.07, 6.45) is 5.15. The van der Waals surface area contributed by atoms with Gasteiger partial charge in [0.25, 0.3) is 5.19 Å². The fraction of sp³-hybridized carbons (Fsp3) is 0.714. The average molecular weight is 185 g/mol. The Bertz CT molecular complexity index is 257. The second-order valence-electron chi connectivity index (χ2n) is 2.93. The highest BCUT2D eigenvalue weighted by Gasteiger charge is 2.17. The van der Waals surface area contributed by atoms with E-state index in [2.05, 4.69) is 10.2 Å². The SMILES string of the molecule is Nc1nnc(OC2CCCC2)s1. The van der Waals surface area contributed by atoms with Crippen molar-refractivity contribution in [2.45, 2.75) is 31.8 Å². The van der Waals surface area contributed by atoms with Crippen LogP contribution in [0.3, 0.4) is 0 Å². The minimum absolute atomic E-state index is 0.345. The highest BCUT2D eigenvalue weighted by Crippen LogP contribution is 2.26. The molecule has 0 aromatic carbocycles. The summed E-state index contributed by atoms with van der Waals surface area (Å²) in [6.45, 7) is 0. The maximum atomic E-state index is 5.56. The maximum Gasteiger partial charge on any atom is 0.296 e. The first-order chi connectivity index (χ1) is 5.84. The fourth-order valence-electron chi connectivity index (χ4n) is 1.42. The van der Waals surface area contributed by atoms with Gasteiger partial charge in [0.15, 0.2) is 0 Å². The lowest BCUT2D eigenvalue weighted by Crippen LogP contribution is -2.10. The minimum Gasteiger partial charge on any atom is -0.466 e. The van der Waals surface area contributed by atoms with Crippen LogP contribution >= 0.6 is 11.3 Å². The number of nitrogen functional groups attached to an aromatic ring is 1.